The van der Waals surface area contributed by atoms with Gasteiger partial charge in [0.05, 0.1) is 6.04 Å². The van der Waals surface area contributed by atoms with Crippen molar-refractivity contribution in [3.63, 3.8) is 0 Å². The molecule has 0 bridgehead atoms. The quantitative estimate of drug-likeness (QED) is 0.467. The minimum absolute atomic E-state index is 0.0919. The van der Waals surface area contributed by atoms with Gasteiger partial charge in [-0.25, -0.2) is 9.18 Å². The Morgan fingerprint density at radius 3 is 2.50 bits per heavy atom. The summed E-state index contributed by atoms with van der Waals surface area (Å²) in [5.41, 5.74) is 7.68. The minimum Gasteiger partial charge on any atom is -0.465 e. The van der Waals surface area contributed by atoms with Gasteiger partial charge in [0, 0.05) is 16.5 Å². The van der Waals surface area contributed by atoms with E-state index in [0.717, 1.165) is 0 Å². The van der Waals surface area contributed by atoms with E-state index in [-0.39, 0.29) is 12.5 Å². The second-order valence-corrected chi connectivity index (χ2v) is 5.58. The molecule has 1 saturated carbocycles. The highest BCUT2D eigenvalue weighted by atomic mass is 19.1. The molecule has 0 aromatic heterocycles. The van der Waals surface area contributed by atoms with E-state index in [9.17, 15) is 14.3 Å². The molecule has 0 aromatic rings. The van der Waals surface area contributed by atoms with Gasteiger partial charge >= 0.3 is 6.09 Å². The van der Waals surface area contributed by atoms with E-state index < -0.39 is 23.8 Å². The van der Waals surface area contributed by atoms with Crippen molar-refractivity contribution in [3.8, 4) is 0 Å². The van der Waals surface area contributed by atoms with Crippen LogP contribution in [0.3, 0.4) is 0 Å². The number of azide groups is 1. The Labute approximate surface area is 105 Å². The molecule has 102 valence electrons. The summed E-state index contributed by atoms with van der Waals surface area (Å²) in [7, 11) is 0. The molecule has 0 saturated heterocycles. The third-order valence-corrected chi connectivity index (χ3v) is 3.19. The standard InChI is InChI=1S/C11H19FN4O2/c1-11(2,3)16(10(17)18)9-5-4-7(14-15-13)6-8(9)12/h7-9H,4-6H2,1-3H3,(H,17,18)/t7-,8-,9+/m1/s1. The molecule has 1 rings (SSSR count). The average molecular weight is 258 g/mol. The smallest absolute Gasteiger partial charge is 0.408 e. The van der Waals surface area contributed by atoms with Crippen LogP contribution < -0.4 is 0 Å². The van der Waals surface area contributed by atoms with E-state index in [0.29, 0.717) is 12.8 Å². The highest BCUT2D eigenvalue weighted by Crippen LogP contribution is 2.31. The maximum Gasteiger partial charge on any atom is 0.408 e. The zero-order valence-electron chi connectivity index (χ0n) is 10.9. The Bertz CT molecular complexity index is 363. The summed E-state index contributed by atoms with van der Waals surface area (Å²) in [6, 6.07) is -1.02. The highest BCUT2D eigenvalue weighted by Gasteiger charge is 2.41. The number of carboxylic acid groups (broad SMARTS) is 1. The van der Waals surface area contributed by atoms with Gasteiger partial charge in [0.1, 0.15) is 6.17 Å². The summed E-state index contributed by atoms with van der Waals surface area (Å²) >= 11 is 0. The first kappa shape index (κ1) is 14.6. The molecule has 3 atom stereocenters. The van der Waals surface area contributed by atoms with Gasteiger partial charge in [-0.3, -0.25) is 4.90 Å². The van der Waals surface area contributed by atoms with Crippen LogP contribution in [0.25, 0.3) is 10.4 Å². The molecule has 0 aromatic carbocycles. The molecule has 6 nitrogen and oxygen atoms in total. The van der Waals surface area contributed by atoms with E-state index in [4.69, 9.17) is 5.53 Å². The van der Waals surface area contributed by atoms with Crippen molar-refractivity contribution in [2.75, 3.05) is 0 Å². The van der Waals surface area contributed by atoms with Gasteiger partial charge in [0.25, 0.3) is 0 Å². The van der Waals surface area contributed by atoms with Crippen molar-refractivity contribution in [3.05, 3.63) is 10.4 Å². The predicted molar refractivity (Wildman–Crippen MR) is 65.1 cm³/mol. The first-order valence-electron chi connectivity index (χ1n) is 5.98. The van der Waals surface area contributed by atoms with Gasteiger partial charge in [-0.1, -0.05) is 5.11 Å². The zero-order valence-corrected chi connectivity index (χ0v) is 10.9. The fraction of sp³-hybridized carbons (Fsp3) is 0.909. The van der Waals surface area contributed by atoms with Gasteiger partial charge in [-0.05, 0) is 45.6 Å². The number of alkyl halides is 1. The maximum absolute atomic E-state index is 14.1. The van der Waals surface area contributed by atoms with Crippen LogP contribution in [0.2, 0.25) is 0 Å². The summed E-state index contributed by atoms with van der Waals surface area (Å²) < 4.78 is 14.1. The van der Waals surface area contributed by atoms with Crippen LogP contribution in [0.1, 0.15) is 40.0 Å². The molecule has 1 N–H and O–H groups in total. The van der Waals surface area contributed by atoms with Gasteiger partial charge in [0.15, 0.2) is 0 Å². The number of halogens is 1. The SMILES string of the molecule is CC(C)(C)N(C(=O)O)[C@H]1CC[C@@H](N=[N+]=[N-])C[C@H]1F. The first-order chi connectivity index (χ1) is 8.27. The van der Waals surface area contributed by atoms with Gasteiger partial charge in [0.2, 0.25) is 0 Å². The second-order valence-electron chi connectivity index (χ2n) is 5.58. The number of rotatable bonds is 2. The first-order valence-corrected chi connectivity index (χ1v) is 5.98. The fourth-order valence-corrected chi connectivity index (χ4v) is 2.47. The Balaban J connectivity index is 2.83. The average Bonchev–Trinajstić information content (AvgIpc) is 2.19. The predicted octanol–water partition coefficient (Wildman–Crippen LogP) is 3.33. The molecule has 0 radical (unpaired) electrons. The lowest BCUT2D eigenvalue weighted by Gasteiger charge is -2.43. The van der Waals surface area contributed by atoms with Crippen LogP contribution >= 0.6 is 0 Å². The Kier molecular flexibility index (Phi) is 4.40. The molecule has 7 heteroatoms. The fourth-order valence-electron chi connectivity index (χ4n) is 2.47. The van der Waals surface area contributed by atoms with Gasteiger partial charge in [-0.15, -0.1) is 0 Å². The third-order valence-electron chi connectivity index (χ3n) is 3.19. The largest absolute Gasteiger partial charge is 0.465 e. The third kappa shape index (κ3) is 3.26. The Morgan fingerprint density at radius 1 is 1.50 bits per heavy atom. The molecule has 18 heavy (non-hydrogen) atoms. The number of amides is 1. The summed E-state index contributed by atoms with van der Waals surface area (Å²) in [4.78, 5) is 15.1. The van der Waals surface area contributed by atoms with Crippen LogP contribution in [0.4, 0.5) is 9.18 Å². The molecule has 0 spiro atoms. The van der Waals surface area contributed by atoms with Crippen LogP contribution in [-0.4, -0.2) is 39.9 Å². The molecule has 1 fully saturated rings. The van der Waals surface area contributed by atoms with Crippen molar-refractivity contribution in [2.45, 2.75) is 63.8 Å². The summed E-state index contributed by atoms with van der Waals surface area (Å²) in [6.07, 6.45) is -1.40. The van der Waals surface area contributed by atoms with Crippen LogP contribution in [0.15, 0.2) is 5.11 Å². The normalized spacial score (nSPS) is 28.3. The molecule has 1 amide bonds. The van der Waals surface area contributed by atoms with Crippen molar-refractivity contribution in [1.29, 1.82) is 0 Å². The van der Waals surface area contributed by atoms with Crippen molar-refractivity contribution in [1.82, 2.24) is 4.90 Å². The van der Waals surface area contributed by atoms with Gasteiger partial charge in [-0.2, -0.15) is 0 Å². The topological polar surface area (TPSA) is 89.3 Å². The molecule has 1 aliphatic carbocycles. The lowest BCUT2D eigenvalue weighted by Crippen LogP contribution is -2.56. The summed E-state index contributed by atoms with van der Waals surface area (Å²) in [6.45, 7) is 5.23. The summed E-state index contributed by atoms with van der Waals surface area (Å²) in [5.74, 6) is 0. The molecule has 0 aliphatic heterocycles. The molecular weight excluding hydrogens is 239 g/mol. The van der Waals surface area contributed by atoms with Crippen LogP contribution in [0, 0.1) is 0 Å². The monoisotopic (exact) mass is 258 g/mol. The van der Waals surface area contributed by atoms with E-state index in [1.165, 1.54) is 4.90 Å². The maximum atomic E-state index is 14.1. The second kappa shape index (κ2) is 5.44. The lowest BCUT2D eigenvalue weighted by atomic mass is 9.87. The van der Waals surface area contributed by atoms with E-state index in [2.05, 4.69) is 10.0 Å². The Hall–Kier alpha value is -1.49. The van der Waals surface area contributed by atoms with E-state index in [1.54, 1.807) is 20.8 Å². The minimum atomic E-state index is -1.29. The van der Waals surface area contributed by atoms with Gasteiger partial charge < -0.3 is 5.11 Å². The van der Waals surface area contributed by atoms with E-state index in [1.807, 2.05) is 0 Å². The van der Waals surface area contributed by atoms with Crippen molar-refractivity contribution >= 4 is 6.09 Å². The molecule has 1 aliphatic rings. The molecule has 0 unspecified atom stereocenters. The van der Waals surface area contributed by atoms with Crippen molar-refractivity contribution in [2.24, 2.45) is 5.11 Å². The number of hydrogen-bond donors (Lipinski definition) is 1. The molecular formula is C11H19FN4O2. The number of carbonyl (C=O) groups is 1. The lowest BCUT2D eigenvalue weighted by molar-refractivity contribution is 0.0171. The Morgan fingerprint density at radius 2 is 2.11 bits per heavy atom. The molecule has 0 heterocycles. The van der Waals surface area contributed by atoms with E-state index >= 15 is 0 Å². The summed E-state index contributed by atoms with van der Waals surface area (Å²) in [5, 5.41) is 12.7. The van der Waals surface area contributed by atoms with Crippen LogP contribution in [0.5, 0.6) is 0 Å². The zero-order chi connectivity index (χ0) is 13.9. The van der Waals surface area contributed by atoms with Crippen molar-refractivity contribution < 1.29 is 14.3 Å². The number of nitrogens with zero attached hydrogens (tertiary/aromatic N) is 4. The number of hydrogen-bond acceptors (Lipinski definition) is 2. The van der Waals surface area contributed by atoms with Crippen LogP contribution in [-0.2, 0) is 0 Å². The highest BCUT2D eigenvalue weighted by molar-refractivity contribution is 5.66.